The summed E-state index contributed by atoms with van der Waals surface area (Å²) in [5.74, 6) is 1.90. The van der Waals surface area contributed by atoms with Crippen LogP contribution in [0.2, 0.25) is 5.02 Å². The zero-order chi connectivity index (χ0) is 16.1. The Bertz CT molecular complexity index is 668. The molecule has 5 heteroatoms. The van der Waals surface area contributed by atoms with E-state index in [9.17, 15) is 0 Å². The molecular weight excluding hydrogens is 310 g/mol. The standard InChI is InChI=1S/C18H20ClN3O/c1-23-17-8-2-14(3-9-17)12-22(13-18-20-10-11-21-18)16-6-4-15(19)5-7-16/h2-9H,10-13H2,1H3,(H,20,21). The maximum Gasteiger partial charge on any atom is 0.118 e. The smallest absolute Gasteiger partial charge is 0.118 e. The van der Waals surface area contributed by atoms with E-state index >= 15 is 0 Å². The van der Waals surface area contributed by atoms with Crippen molar-refractivity contribution in [3.63, 3.8) is 0 Å². The number of hydrogen-bond acceptors (Lipinski definition) is 4. The summed E-state index contributed by atoms with van der Waals surface area (Å²) in [6.45, 7) is 3.33. The monoisotopic (exact) mass is 329 g/mol. The fourth-order valence-corrected chi connectivity index (χ4v) is 2.70. The molecule has 0 atom stereocenters. The predicted octanol–water partition coefficient (Wildman–Crippen LogP) is 3.36. The Hall–Kier alpha value is -2.20. The van der Waals surface area contributed by atoms with Gasteiger partial charge in [-0.1, -0.05) is 23.7 Å². The molecule has 0 spiro atoms. The van der Waals surface area contributed by atoms with Gasteiger partial charge in [0.05, 0.1) is 20.2 Å². The van der Waals surface area contributed by atoms with Crippen LogP contribution in [0.1, 0.15) is 5.56 Å². The van der Waals surface area contributed by atoms with Crippen molar-refractivity contribution in [3.05, 3.63) is 59.1 Å². The Morgan fingerprint density at radius 1 is 1.09 bits per heavy atom. The minimum Gasteiger partial charge on any atom is -0.497 e. The maximum atomic E-state index is 6.01. The highest BCUT2D eigenvalue weighted by molar-refractivity contribution is 6.30. The lowest BCUT2D eigenvalue weighted by atomic mass is 10.2. The van der Waals surface area contributed by atoms with Crippen molar-refractivity contribution in [3.8, 4) is 5.75 Å². The Morgan fingerprint density at radius 3 is 2.43 bits per heavy atom. The van der Waals surface area contributed by atoms with Gasteiger partial charge in [-0.3, -0.25) is 4.99 Å². The second-order valence-electron chi connectivity index (χ2n) is 5.44. The zero-order valence-corrected chi connectivity index (χ0v) is 13.9. The molecule has 1 N–H and O–H groups in total. The molecule has 23 heavy (non-hydrogen) atoms. The lowest BCUT2D eigenvalue weighted by Crippen LogP contribution is -2.34. The van der Waals surface area contributed by atoms with E-state index in [2.05, 4.69) is 27.3 Å². The van der Waals surface area contributed by atoms with Crippen molar-refractivity contribution in [1.82, 2.24) is 5.32 Å². The molecule has 0 amide bonds. The van der Waals surface area contributed by atoms with E-state index in [1.54, 1.807) is 7.11 Å². The third-order valence-electron chi connectivity index (χ3n) is 3.81. The Labute approximate surface area is 141 Å². The van der Waals surface area contributed by atoms with Gasteiger partial charge in [0.1, 0.15) is 11.6 Å². The number of nitrogens with zero attached hydrogens (tertiary/aromatic N) is 2. The number of methoxy groups -OCH3 is 1. The predicted molar refractivity (Wildman–Crippen MR) is 95.8 cm³/mol. The molecule has 3 rings (SSSR count). The molecule has 0 aliphatic carbocycles. The van der Waals surface area contributed by atoms with Gasteiger partial charge in [0.25, 0.3) is 0 Å². The number of hydrogen-bond donors (Lipinski definition) is 1. The molecular formula is C18H20ClN3O. The van der Waals surface area contributed by atoms with Crippen molar-refractivity contribution >= 4 is 23.1 Å². The van der Waals surface area contributed by atoms with E-state index in [-0.39, 0.29) is 0 Å². The maximum absolute atomic E-state index is 6.01. The van der Waals surface area contributed by atoms with Crippen molar-refractivity contribution in [2.45, 2.75) is 6.54 Å². The number of aliphatic imine (C=N–C) groups is 1. The average molecular weight is 330 g/mol. The molecule has 2 aromatic rings. The van der Waals surface area contributed by atoms with Crippen LogP contribution < -0.4 is 15.0 Å². The number of halogens is 1. The van der Waals surface area contributed by atoms with Gasteiger partial charge in [0.15, 0.2) is 0 Å². The van der Waals surface area contributed by atoms with Crippen LogP contribution in [-0.2, 0) is 6.54 Å². The molecule has 4 nitrogen and oxygen atoms in total. The lowest BCUT2D eigenvalue weighted by molar-refractivity contribution is 0.414. The number of ether oxygens (including phenoxy) is 1. The molecule has 2 aromatic carbocycles. The molecule has 0 saturated heterocycles. The van der Waals surface area contributed by atoms with Crippen LogP contribution in [0, 0.1) is 0 Å². The second kappa shape index (κ2) is 7.38. The van der Waals surface area contributed by atoms with Gasteiger partial charge in [0.2, 0.25) is 0 Å². The van der Waals surface area contributed by atoms with Gasteiger partial charge in [-0.15, -0.1) is 0 Å². The van der Waals surface area contributed by atoms with E-state index < -0.39 is 0 Å². The number of anilines is 1. The number of rotatable bonds is 6. The SMILES string of the molecule is COc1ccc(CN(CC2=NCCN2)c2ccc(Cl)cc2)cc1. The average Bonchev–Trinajstić information content (AvgIpc) is 3.09. The van der Waals surface area contributed by atoms with Crippen molar-refractivity contribution < 1.29 is 4.74 Å². The van der Waals surface area contributed by atoms with Crippen molar-refractivity contribution in [2.24, 2.45) is 4.99 Å². The van der Waals surface area contributed by atoms with Crippen LogP contribution >= 0.6 is 11.6 Å². The van der Waals surface area contributed by atoms with Crippen LogP contribution in [0.3, 0.4) is 0 Å². The first-order valence-electron chi connectivity index (χ1n) is 7.65. The van der Waals surface area contributed by atoms with E-state index in [4.69, 9.17) is 16.3 Å². The highest BCUT2D eigenvalue weighted by Crippen LogP contribution is 2.21. The summed E-state index contributed by atoms with van der Waals surface area (Å²) in [6, 6.07) is 16.1. The number of nitrogens with one attached hydrogen (secondary N) is 1. The quantitative estimate of drug-likeness (QED) is 0.883. The fraction of sp³-hybridized carbons (Fsp3) is 0.278. The van der Waals surface area contributed by atoms with Crippen molar-refractivity contribution in [1.29, 1.82) is 0 Å². The Morgan fingerprint density at radius 2 is 1.83 bits per heavy atom. The summed E-state index contributed by atoms with van der Waals surface area (Å²) in [5, 5.41) is 4.08. The normalized spacial score (nSPS) is 13.4. The molecule has 1 heterocycles. The van der Waals surface area contributed by atoms with Gasteiger partial charge < -0.3 is 15.0 Å². The third-order valence-corrected chi connectivity index (χ3v) is 4.06. The van der Waals surface area contributed by atoms with Gasteiger partial charge >= 0.3 is 0 Å². The zero-order valence-electron chi connectivity index (χ0n) is 13.1. The Kier molecular flexibility index (Phi) is 5.03. The Balaban J connectivity index is 1.79. The van der Waals surface area contributed by atoms with Gasteiger partial charge in [0, 0.05) is 23.8 Å². The van der Waals surface area contributed by atoms with E-state index in [0.29, 0.717) is 0 Å². The minimum absolute atomic E-state index is 0.745. The van der Waals surface area contributed by atoms with Crippen molar-refractivity contribution in [2.75, 3.05) is 31.6 Å². The number of amidine groups is 1. The molecule has 0 saturated carbocycles. The molecule has 0 radical (unpaired) electrons. The summed E-state index contributed by atoms with van der Waals surface area (Å²) < 4.78 is 5.22. The molecule has 1 aliphatic rings. The topological polar surface area (TPSA) is 36.9 Å². The van der Waals surface area contributed by atoms with Gasteiger partial charge in [-0.2, -0.15) is 0 Å². The molecule has 0 bridgehead atoms. The first-order valence-corrected chi connectivity index (χ1v) is 8.03. The summed E-state index contributed by atoms with van der Waals surface area (Å²) in [6.07, 6.45) is 0. The summed E-state index contributed by atoms with van der Waals surface area (Å²) >= 11 is 6.01. The molecule has 1 aliphatic heterocycles. The van der Waals surface area contributed by atoms with Crippen LogP contribution in [0.15, 0.2) is 53.5 Å². The van der Waals surface area contributed by atoms with Crippen LogP contribution in [-0.4, -0.2) is 32.6 Å². The summed E-state index contributed by atoms with van der Waals surface area (Å²) in [7, 11) is 1.68. The molecule has 0 unspecified atom stereocenters. The minimum atomic E-state index is 0.745. The number of benzene rings is 2. The van der Waals surface area contributed by atoms with E-state index in [1.807, 2.05) is 36.4 Å². The molecule has 0 fully saturated rings. The molecule has 120 valence electrons. The third kappa shape index (κ3) is 4.17. The first-order chi connectivity index (χ1) is 11.2. The fourth-order valence-electron chi connectivity index (χ4n) is 2.58. The van der Waals surface area contributed by atoms with Crippen LogP contribution in [0.4, 0.5) is 5.69 Å². The highest BCUT2D eigenvalue weighted by Gasteiger charge is 2.13. The van der Waals surface area contributed by atoms with Gasteiger partial charge in [-0.25, -0.2) is 0 Å². The summed E-state index contributed by atoms with van der Waals surface area (Å²) in [5.41, 5.74) is 2.35. The van der Waals surface area contributed by atoms with E-state index in [0.717, 1.165) is 48.5 Å². The lowest BCUT2D eigenvalue weighted by Gasteiger charge is -2.25. The molecule has 0 aromatic heterocycles. The first kappa shape index (κ1) is 15.7. The van der Waals surface area contributed by atoms with E-state index in [1.165, 1.54) is 5.56 Å². The van der Waals surface area contributed by atoms with Gasteiger partial charge in [-0.05, 0) is 42.0 Å². The van der Waals surface area contributed by atoms with Crippen LogP contribution in [0.5, 0.6) is 5.75 Å². The summed E-state index contributed by atoms with van der Waals surface area (Å²) in [4.78, 5) is 6.79. The highest BCUT2D eigenvalue weighted by atomic mass is 35.5. The van der Waals surface area contributed by atoms with Crippen LogP contribution in [0.25, 0.3) is 0 Å². The second-order valence-corrected chi connectivity index (χ2v) is 5.87. The largest absolute Gasteiger partial charge is 0.497 e.